The first-order valence-corrected chi connectivity index (χ1v) is 10.5. The van der Waals surface area contributed by atoms with E-state index in [1.165, 1.54) is 28.2 Å². The average Bonchev–Trinajstić information content (AvgIpc) is 3.22. The zero-order valence-electron chi connectivity index (χ0n) is 17.3. The smallest absolute Gasteiger partial charge is 0.295 e. The summed E-state index contributed by atoms with van der Waals surface area (Å²) in [6, 6.07) is 15.5. The monoisotopic (exact) mass is 436 g/mol. The van der Waals surface area contributed by atoms with Crippen LogP contribution in [0.25, 0.3) is 5.69 Å². The van der Waals surface area contributed by atoms with E-state index < -0.39 is 0 Å². The van der Waals surface area contributed by atoms with Gasteiger partial charge in [-0.2, -0.15) is 0 Å². The van der Waals surface area contributed by atoms with Gasteiger partial charge < -0.3 is 5.32 Å². The van der Waals surface area contributed by atoms with Gasteiger partial charge in [0.15, 0.2) is 0 Å². The standard InChI is InChI=1S/C23H21FN4O2S/c1-14-21(31-19(25-14)13-16-9-11-17(24)12-10-16)22(29)26-20-15(2)27(3)28(23(20)30)18-7-5-4-6-8-18/h4-12H,13H2,1-3H3,(H,26,29). The lowest BCUT2D eigenvalue weighted by molar-refractivity contribution is 0.102. The number of amides is 1. The van der Waals surface area contributed by atoms with Crippen molar-refractivity contribution in [2.24, 2.45) is 7.05 Å². The Kier molecular flexibility index (Phi) is 5.56. The summed E-state index contributed by atoms with van der Waals surface area (Å²) in [5, 5.41) is 3.53. The van der Waals surface area contributed by atoms with Crippen molar-refractivity contribution in [3.63, 3.8) is 0 Å². The molecule has 1 N–H and O–H groups in total. The molecule has 0 aliphatic carbocycles. The molecule has 2 heterocycles. The van der Waals surface area contributed by atoms with Gasteiger partial charge in [-0.15, -0.1) is 11.3 Å². The summed E-state index contributed by atoms with van der Waals surface area (Å²) < 4.78 is 16.3. The van der Waals surface area contributed by atoms with E-state index in [4.69, 9.17) is 0 Å². The van der Waals surface area contributed by atoms with Crippen LogP contribution in [-0.2, 0) is 13.5 Å². The number of para-hydroxylation sites is 1. The van der Waals surface area contributed by atoms with Gasteiger partial charge in [-0.3, -0.25) is 14.3 Å². The van der Waals surface area contributed by atoms with Crippen molar-refractivity contribution in [1.82, 2.24) is 14.3 Å². The number of aromatic nitrogens is 3. The lowest BCUT2D eigenvalue weighted by Crippen LogP contribution is -2.22. The van der Waals surface area contributed by atoms with E-state index in [-0.39, 0.29) is 23.0 Å². The summed E-state index contributed by atoms with van der Waals surface area (Å²) >= 11 is 1.27. The van der Waals surface area contributed by atoms with Crippen LogP contribution >= 0.6 is 11.3 Å². The van der Waals surface area contributed by atoms with E-state index in [0.29, 0.717) is 28.4 Å². The Labute approximate surface area is 182 Å². The molecule has 0 saturated heterocycles. The largest absolute Gasteiger partial charge is 0.315 e. The molecular weight excluding hydrogens is 415 g/mol. The number of hydrogen-bond donors (Lipinski definition) is 1. The van der Waals surface area contributed by atoms with Gasteiger partial charge in [0.2, 0.25) is 0 Å². The number of anilines is 1. The fraction of sp³-hybridized carbons (Fsp3) is 0.174. The molecule has 0 unspecified atom stereocenters. The van der Waals surface area contributed by atoms with E-state index >= 15 is 0 Å². The number of thiazole rings is 1. The third-order valence-electron chi connectivity index (χ3n) is 5.11. The maximum Gasteiger partial charge on any atom is 0.295 e. The zero-order valence-corrected chi connectivity index (χ0v) is 18.2. The zero-order chi connectivity index (χ0) is 22.1. The predicted octanol–water partition coefficient (Wildman–Crippen LogP) is 4.23. The summed E-state index contributed by atoms with van der Waals surface area (Å²) in [7, 11) is 1.78. The Morgan fingerprint density at radius 2 is 1.77 bits per heavy atom. The summed E-state index contributed by atoms with van der Waals surface area (Å²) in [5.74, 6) is -0.662. The quantitative estimate of drug-likeness (QED) is 0.509. The first kappa shape index (κ1) is 20.7. The van der Waals surface area contributed by atoms with Crippen molar-refractivity contribution in [3.8, 4) is 5.69 Å². The van der Waals surface area contributed by atoms with Crippen molar-refractivity contribution in [3.05, 3.63) is 97.6 Å². The highest BCUT2D eigenvalue weighted by molar-refractivity contribution is 7.14. The summed E-state index contributed by atoms with van der Waals surface area (Å²) in [6.45, 7) is 3.55. The number of carbonyl (C=O) groups is 1. The number of benzene rings is 2. The second-order valence-electron chi connectivity index (χ2n) is 7.22. The molecule has 0 atom stereocenters. The molecule has 0 saturated carbocycles. The molecule has 0 aliphatic rings. The third-order valence-corrected chi connectivity index (χ3v) is 6.26. The second kappa shape index (κ2) is 8.31. The number of aryl methyl sites for hydroxylation is 1. The summed E-state index contributed by atoms with van der Waals surface area (Å²) in [6.07, 6.45) is 0.504. The Bertz CT molecular complexity index is 1300. The number of nitrogens with zero attached hydrogens (tertiary/aromatic N) is 3. The fourth-order valence-corrected chi connectivity index (χ4v) is 4.39. The Morgan fingerprint density at radius 1 is 1.10 bits per heavy atom. The summed E-state index contributed by atoms with van der Waals surface area (Å²) in [5.41, 5.74) is 2.81. The van der Waals surface area contributed by atoms with Crippen LogP contribution in [0.4, 0.5) is 10.1 Å². The number of halogens is 1. The van der Waals surface area contributed by atoms with Crippen LogP contribution in [0, 0.1) is 19.7 Å². The molecule has 8 heteroatoms. The van der Waals surface area contributed by atoms with Crippen molar-refractivity contribution in [2.75, 3.05) is 5.32 Å². The van der Waals surface area contributed by atoms with Gasteiger partial charge >= 0.3 is 0 Å². The molecule has 4 aromatic rings. The lowest BCUT2D eigenvalue weighted by atomic mass is 10.1. The average molecular weight is 437 g/mol. The molecule has 0 spiro atoms. The van der Waals surface area contributed by atoms with Gasteiger partial charge in [-0.05, 0) is 43.7 Å². The maximum absolute atomic E-state index is 13.1. The Balaban J connectivity index is 1.60. The molecule has 31 heavy (non-hydrogen) atoms. The Morgan fingerprint density at radius 3 is 2.45 bits per heavy atom. The van der Waals surface area contributed by atoms with Gasteiger partial charge in [0.05, 0.1) is 22.1 Å². The second-order valence-corrected chi connectivity index (χ2v) is 8.30. The van der Waals surface area contributed by atoms with Crippen LogP contribution in [0.1, 0.15) is 31.6 Å². The van der Waals surface area contributed by atoms with Crippen LogP contribution in [0.15, 0.2) is 59.4 Å². The van der Waals surface area contributed by atoms with E-state index in [1.54, 1.807) is 37.7 Å². The van der Waals surface area contributed by atoms with E-state index in [9.17, 15) is 14.0 Å². The van der Waals surface area contributed by atoms with Crippen molar-refractivity contribution >= 4 is 22.9 Å². The van der Waals surface area contributed by atoms with E-state index in [1.807, 2.05) is 30.3 Å². The van der Waals surface area contributed by atoms with Crippen LogP contribution in [-0.4, -0.2) is 20.3 Å². The number of nitrogens with one attached hydrogen (secondary N) is 1. The SMILES string of the molecule is Cc1nc(Cc2ccc(F)cc2)sc1C(=O)Nc1c(C)n(C)n(-c2ccccc2)c1=O. The molecule has 4 rings (SSSR count). The van der Waals surface area contributed by atoms with E-state index in [0.717, 1.165) is 10.6 Å². The normalized spacial score (nSPS) is 11.0. The van der Waals surface area contributed by atoms with Crippen molar-refractivity contribution < 1.29 is 9.18 Å². The first-order chi connectivity index (χ1) is 14.8. The fourth-order valence-electron chi connectivity index (χ4n) is 3.40. The first-order valence-electron chi connectivity index (χ1n) is 9.71. The molecule has 6 nitrogen and oxygen atoms in total. The topological polar surface area (TPSA) is 68.9 Å². The number of rotatable bonds is 5. The van der Waals surface area contributed by atoms with Crippen LogP contribution in [0.2, 0.25) is 0 Å². The van der Waals surface area contributed by atoms with Gasteiger partial charge in [0.1, 0.15) is 16.4 Å². The molecule has 1 amide bonds. The molecule has 2 aromatic heterocycles. The number of carbonyl (C=O) groups excluding carboxylic acids is 1. The molecule has 0 aliphatic heterocycles. The molecule has 0 bridgehead atoms. The van der Waals surface area contributed by atoms with Gasteiger partial charge in [-0.1, -0.05) is 30.3 Å². The minimum atomic E-state index is -0.369. The van der Waals surface area contributed by atoms with Crippen LogP contribution in [0.5, 0.6) is 0 Å². The van der Waals surface area contributed by atoms with Crippen molar-refractivity contribution in [1.29, 1.82) is 0 Å². The maximum atomic E-state index is 13.1. The Hall–Kier alpha value is -3.52. The van der Waals surface area contributed by atoms with Crippen LogP contribution < -0.4 is 10.9 Å². The third kappa shape index (κ3) is 4.06. The molecule has 158 valence electrons. The number of hydrogen-bond acceptors (Lipinski definition) is 4. The van der Waals surface area contributed by atoms with E-state index in [2.05, 4.69) is 10.3 Å². The van der Waals surface area contributed by atoms with Gasteiger partial charge in [0, 0.05) is 13.5 Å². The molecule has 2 aromatic carbocycles. The highest BCUT2D eigenvalue weighted by Gasteiger charge is 2.21. The van der Waals surface area contributed by atoms with Crippen LogP contribution in [0.3, 0.4) is 0 Å². The highest BCUT2D eigenvalue weighted by atomic mass is 32.1. The lowest BCUT2D eigenvalue weighted by Gasteiger charge is -2.07. The molecule has 0 radical (unpaired) electrons. The van der Waals surface area contributed by atoms with Gasteiger partial charge in [0.25, 0.3) is 11.5 Å². The minimum Gasteiger partial charge on any atom is -0.315 e. The molecule has 0 fully saturated rings. The summed E-state index contributed by atoms with van der Waals surface area (Å²) in [4.78, 5) is 30.9. The van der Waals surface area contributed by atoms with Crippen molar-refractivity contribution in [2.45, 2.75) is 20.3 Å². The highest BCUT2D eigenvalue weighted by Crippen LogP contribution is 2.23. The predicted molar refractivity (Wildman–Crippen MR) is 120 cm³/mol. The minimum absolute atomic E-state index is 0.240. The van der Waals surface area contributed by atoms with Gasteiger partial charge in [-0.25, -0.2) is 14.1 Å². The molecular formula is C23H21FN4O2S.